The molecule has 0 bridgehead atoms. The van der Waals surface area contributed by atoms with Gasteiger partial charge in [0, 0.05) is 12.2 Å². The van der Waals surface area contributed by atoms with Gasteiger partial charge in [0.1, 0.15) is 17.7 Å². The second-order valence-corrected chi connectivity index (χ2v) is 11.8. The number of hydrogen-bond acceptors (Lipinski definition) is 5. The van der Waals surface area contributed by atoms with Crippen molar-refractivity contribution < 1.29 is 23.9 Å². The number of alkyl carbamates (subject to hydrolysis) is 1. The number of para-hydroxylation sites is 1. The van der Waals surface area contributed by atoms with Crippen molar-refractivity contribution in [2.24, 2.45) is 5.73 Å². The number of nitrogens with zero attached hydrogens (tertiary/aromatic N) is 1. The van der Waals surface area contributed by atoms with Crippen LogP contribution in [-0.4, -0.2) is 46.9 Å². The fourth-order valence-electron chi connectivity index (χ4n) is 4.62. The molecule has 2 atom stereocenters. The summed E-state index contributed by atoms with van der Waals surface area (Å²) >= 11 is 0. The molecule has 0 aromatic heterocycles. The Labute approximate surface area is 250 Å². The van der Waals surface area contributed by atoms with E-state index in [0.29, 0.717) is 17.7 Å². The molecule has 9 nitrogen and oxygen atoms in total. The van der Waals surface area contributed by atoms with Gasteiger partial charge in [-0.3, -0.25) is 14.4 Å². The minimum Gasteiger partial charge on any atom is -0.444 e. The number of ether oxygens (including phenoxy) is 1. The summed E-state index contributed by atoms with van der Waals surface area (Å²) in [5.41, 5.74) is 7.81. The van der Waals surface area contributed by atoms with Crippen molar-refractivity contribution in [2.45, 2.75) is 104 Å². The molecule has 9 heteroatoms. The molecule has 0 spiro atoms. The predicted molar refractivity (Wildman–Crippen MR) is 166 cm³/mol. The van der Waals surface area contributed by atoms with Crippen molar-refractivity contribution in [1.82, 2.24) is 10.2 Å². The molecule has 2 rings (SSSR count). The van der Waals surface area contributed by atoms with Gasteiger partial charge in [-0.25, -0.2) is 4.79 Å². The first-order valence-electron chi connectivity index (χ1n) is 14.8. The normalized spacial score (nSPS) is 12.6. The van der Waals surface area contributed by atoms with Crippen LogP contribution < -0.4 is 16.4 Å². The Kier molecular flexibility index (Phi) is 13.5. The number of benzene rings is 2. The highest BCUT2D eigenvalue weighted by Gasteiger charge is 2.37. The van der Waals surface area contributed by atoms with Crippen LogP contribution in [0, 0.1) is 13.8 Å². The van der Waals surface area contributed by atoms with E-state index in [1.807, 2.05) is 56.3 Å². The maximum Gasteiger partial charge on any atom is 0.408 e. The van der Waals surface area contributed by atoms with Crippen LogP contribution in [0.3, 0.4) is 0 Å². The van der Waals surface area contributed by atoms with Gasteiger partial charge in [0.15, 0.2) is 0 Å². The van der Waals surface area contributed by atoms with Gasteiger partial charge >= 0.3 is 6.09 Å². The number of primary amides is 1. The number of carbonyl (C=O) groups excluding carboxylic acids is 4. The number of carbonyl (C=O) groups is 4. The zero-order chi connectivity index (χ0) is 31.3. The first-order chi connectivity index (χ1) is 19.8. The zero-order valence-electron chi connectivity index (χ0n) is 26.0. The summed E-state index contributed by atoms with van der Waals surface area (Å²) in [4.78, 5) is 54.4. The van der Waals surface area contributed by atoms with Crippen LogP contribution >= 0.6 is 0 Å². The van der Waals surface area contributed by atoms with Gasteiger partial charge in [0.2, 0.25) is 11.8 Å². The zero-order valence-corrected chi connectivity index (χ0v) is 26.0. The van der Waals surface area contributed by atoms with Gasteiger partial charge in [-0.2, -0.15) is 0 Å². The van der Waals surface area contributed by atoms with Gasteiger partial charge in [-0.05, 0) is 58.2 Å². The second-order valence-electron chi connectivity index (χ2n) is 11.8. The maximum atomic E-state index is 14.2. The molecule has 0 saturated carbocycles. The smallest absolute Gasteiger partial charge is 0.408 e. The highest BCUT2D eigenvalue weighted by Crippen LogP contribution is 2.27. The van der Waals surface area contributed by atoms with E-state index in [1.54, 1.807) is 26.8 Å². The third kappa shape index (κ3) is 11.5. The molecule has 0 aliphatic carbocycles. The van der Waals surface area contributed by atoms with Crippen LogP contribution in [0.15, 0.2) is 48.5 Å². The molecule has 4 amide bonds. The Balaban J connectivity index is 2.51. The molecule has 0 fully saturated rings. The number of nitrogens with one attached hydrogen (secondary N) is 2. The van der Waals surface area contributed by atoms with Crippen LogP contribution in [0.2, 0.25) is 0 Å². The van der Waals surface area contributed by atoms with E-state index in [1.165, 1.54) is 4.90 Å². The highest BCUT2D eigenvalue weighted by atomic mass is 16.6. The molecular formula is C33H48N4O5. The number of nitrogens with two attached hydrogens (primary N) is 1. The van der Waals surface area contributed by atoms with Crippen LogP contribution in [0.4, 0.5) is 10.5 Å². The number of rotatable bonds is 15. The van der Waals surface area contributed by atoms with E-state index in [0.717, 1.165) is 43.2 Å². The van der Waals surface area contributed by atoms with Gasteiger partial charge in [-0.1, -0.05) is 87.1 Å². The summed E-state index contributed by atoms with van der Waals surface area (Å²) in [6.45, 7) is 11.3. The molecule has 0 heterocycles. The summed E-state index contributed by atoms with van der Waals surface area (Å²) in [5.74, 6) is -1.75. The lowest BCUT2D eigenvalue weighted by atomic mass is 9.99. The van der Waals surface area contributed by atoms with Crippen molar-refractivity contribution in [2.75, 3.05) is 11.9 Å². The van der Waals surface area contributed by atoms with Crippen LogP contribution in [0.1, 0.15) is 95.4 Å². The van der Waals surface area contributed by atoms with Gasteiger partial charge in [-0.15, -0.1) is 0 Å². The van der Waals surface area contributed by atoms with Crippen LogP contribution in [0.25, 0.3) is 0 Å². The molecule has 0 saturated heterocycles. The van der Waals surface area contributed by atoms with Gasteiger partial charge in [0.25, 0.3) is 5.91 Å². The minimum absolute atomic E-state index is 0.246. The molecular weight excluding hydrogens is 532 g/mol. The van der Waals surface area contributed by atoms with Crippen molar-refractivity contribution in [1.29, 1.82) is 0 Å². The van der Waals surface area contributed by atoms with E-state index in [9.17, 15) is 19.2 Å². The monoisotopic (exact) mass is 580 g/mol. The minimum atomic E-state index is -1.31. The number of hydrogen-bond donors (Lipinski definition) is 3. The van der Waals surface area contributed by atoms with E-state index in [-0.39, 0.29) is 6.54 Å². The SMILES string of the molecule is CCCCCCCCN(C(=O)C(CC(N)=O)NC(=O)OC(C)(C)C)C(C(=O)Nc1ccccc1C)c1ccc(C)cc1. The number of amides is 4. The Hall–Kier alpha value is -3.88. The van der Waals surface area contributed by atoms with Crippen molar-refractivity contribution in [3.05, 3.63) is 65.2 Å². The molecule has 0 aliphatic rings. The van der Waals surface area contributed by atoms with Gasteiger partial charge in [0.05, 0.1) is 6.42 Å². The van der Waals surface area contributed by atoms with Crippen molar-refractivity contribution in [3.8, 4) is 0 Å². The fourth-order valence-corrected chi connectivity index (χ4v) is 4.62. The lowest BCUT2D eigenvalue weighted by molar-refractivity contribution is -0.142. The fraction of sp³-hybridized carbons (Fsp3) is 0.515. The largest absolute Gasteiger partial charge is 0.444 e. The average Bonchev–Trinajstić information content (AvgIpc) is 2.90. The third-order valence-corrected chi connectivity index (χ3v) is 6.79. The van der Waals surface area contributed by atoms with E-state index in [2.05, 4.69) is 17.6 Å². The van der Waals surface area contributed by atoms with Crippen molar-refractivity contribution >= 4 is 29.5 Å². The Morgan fingerprint density at radius 2 is 1.52 bits per heavy atom. The molecule has 2 unspecified atom stereocenters. The Bertz CT molecular complexity index is 1190. The number of aryl methyl sites for hydroxylation is 2. The first kappa shape index (κ1) is 34.3. The van der Waals surface area contributed by atoms with E-state index >= 15 is 0 Å². The standard InChI is InChI=1S/C33H48N4O5/c1-7-8-9-10-11-14-21-37(31(40)27(22-28(34)38)36-32(41)42-33(4,5)6)29(25-19-17-23(2)18-20-25)30(39)35-26-16-13-12-15-24(26)3/h12-13,15-20,27,29H,7-11,14,21-22H2,1-6H3,(H2,34,38)(H,35,39)(H,36,41). The molecule has 0 radical (unpaired) electrons. The number of anilines is 1. The maximum absolute atomic E-state index is 14.2. The number of unbranched alkanes of at least 4 members (excludes halogenated alkanes) is 5. The van der Waals surface area contributed by atoms with Crippen molar-refractivity contribution in [3.63, 3.8) is 0 Å². The first-order valence-corrected chi connectivity index (χ1v) is 14.8. The average molecular weight is 581 g/mol. The third-order valence-electron chi connectivity index (χ3n) is 6.79. The Morgan fingerprint density at radius 3 is 2.12 bits per heavy atom. The topological polar surface area (TPSA) is 131 Å². The van der Waals surface area contributed by atoms with Crippen LogP contribution in [0.5, 0.6) is 0 Å². The lowest BCUT2D eigenvalue weighted by Crippen LogP contribution is -2.53. The lowest BCUT2D eigenvalue weighted by Gasteiger charge is -2.34. The predicted octanol–water partition coefficient (Wildman–Crippen LogP) is 5.94. The molecule has 2 aromatic rings. The second kappa shape index (κ2) is 16.5. The van der Waals surface area contributed by atoms with E-state index < -0.39 is 47.9 Å². The summed E-state index contributed by atoms with van der Waals surface area (Å²) < 4.78 is 5.36. The van der Waals surface area contributed by atoms with Gasteiger partial charge < -0.3 is 26.0 Å². The quantitative estimate of drug-likeness (QED) is 0.224. The molecule has 230 valence electrons. The summed E-state index contributed by atoms with van der Waals surface area (Å²) in [5, 5.41) is 5.52. The summed E-state index contributed by atoms with van der Waals surface area (Å²) in [6, 6.07) is 12.5. The summed E-state index contributed by atoms with van der Waals surface area (Å²) in [6.07, 6.45) is 4.56. The Morgan fingerprint density at radius 1 is 0.905 bits per heavy atom. The van der Waals surface area contributed by atoms with Crippen LogP contribution in [-0.2, 0) is 19.1 Å². The summed E-state index contributed by atoms with van der Waals surface area (Å²) in [7, 11) is 0. The molecule has 2 aromatic carbocycles. The molecule has 0 aliphatic heterocycles. The molecule has 42 heavy (non-hydrogen) atoms. The molecule has 4 N–H and O–H groups in total. The van der Waals surface area contributed by atoms with E-state index in [4.69, 9.17) is 10.5 Å². The highest BCUT2D eigenvalue weighted by molar-refractivity contribution is 6.00.